The second-order valence-corrected chi connectivity index (χ2v) is 4.81. The molecule has 0 radical (unpaired) electrons. The summed E-state index contributed by atoms with van der Waals surface area (Å²) < 4.78 is 0. The highest BCUT2D eigenvalue weighted by molar-refractivity contribution is 5.93. The van der Waals surface area contributed by atoms with E-state index in [1.54, 1.807) is 6.20 Å². The van der Waals surface area contributed by atoms with Crippen LogP contribution in [0.5, 0.6) is 0 Å². The Bertz CT molecular complexity index is 423. The van der Waals surface area contributed by atoms with E-state index in [0.29, 0.717) is 11.7 Å². The summed E-state index contributed by atoms with van der Waals surface area (Å²) in [6.45, 7) is 6.75. The van der Waals surface area contributed by atoms with Gasteiger partial charge in [0.2, 0.25) is 0 Å². The van der Waals surface area contributed by atoms with Gasteiger partial charge in [-0.25, -0.2) is 0 Å². The molecule has 2 heterocycles. The fraction of sp³-hybridized carbons (Fsp3) is 0.571. The van der Waals surface area contributed by atoms with Crippen LogP contribution in [0.1, 0.15) is 35.8 Å². The van der Waals surface area contributed by atoms with Gasteiger partial charge in [0.1, 0.15) is 5.69 Å². The summed E-state index contributed by atoms with van der Waals surface area (Å²) in [5.41, 5.74) is 1.55. The van der Waals surface area contributed by atoms with E-state index in [2.05, 4.69) is 17.2 Å². The number of carbonyl (C=O) groups excluding carboxylic acids is 1. The van der Waals surface area contributed by atoms with Gasteiger partial charge in [0, 0.05) is 25.3 Å². The van der Waals surface area contributed by atoms with Crippen molar-refractivity contribution in [2.24, 2.45) is 0 Å². The second-order valence-electron chi connectivity index (χ2n) is 4.81. The molecule has 6 heteroatoms. The lowest BCUT2D eigenvalue weighted by molar-refractivity contribution is 0.0685. The van der Waals surface area contributed by atoms with Crippen LogP contribution in [-0.4, -0.2) is 41.5 Å². The number of amides is 1. The lowest BCUT2D eigenvalue weighted by Crippen LogP contribution is -2.42. The number of hydrogen-bond donors (Lipinski definition) is 1. The molecule has 0 aliphatic carbocycles. The molecule has 0 bridgehead atoms. The standard InChI is InChI=1S/C14H21N3O.2ClH/c1-3-9-17(12-6-8-15-10-12)14(18)13-11(2)5-4-7-16-13;;/h4-5,7,12,15H,3,6,8-10H2,1-2H3;2*1H. The molecule has 1 atom stereocenters. The molecule has 0 spiro atoms. The number of carbonyl (C=O) groups is 1. The number of hydrogen-bond acceptors (Lipinski definition) is 3. The van der Waals surface area contributed by atoms with E-state index in [1.165, 1.54) is 0 Å². The van der Waals surface area contributed by atoms with Crippen molar-refractivity contribution in [3.8, 4) is 0 Å². The predicted molar refractivity (Wildman–Crippen MR) is 86.1 cm³/mol. The molecule has 114 valence electrons. The van der Waals surface area contributed by atoms with E-state index in [1.807, 2.05) is 24.0 Å². The monoisotopic (exact) mass is 319 g/mol. The number of pyridine rings is 1. The van der Waals surface area contributed by atoms with Gasteiger partial charge in [0.25, 0.3) is 5.91 Å². The zero-order chi connectivity index (χ0) is 13.0. The molecule has 1 N–H and O–H groups in total. The van der Waals surface area contributed by atoms with Crippen LogP contribution in [0.2, 0.25) is 0 Å². The Kier molecular flexibility index (Phi) is 8.78. The molecular formula is C14H23Cl2N3O. The smallest absolute Gasteiger partial charge is 0.273 e. The van der Waals surface area contributed by atoms with E-state index in [-0.39, 0.29) is 30.7 Å². The molecule has 1 aromatic rings. The maximum atomic E-state index is 12.6. The van der Waals surface area contributed by atoms with Gasteiger partial charge in [-0.2, -0.15) is 0 Å². The molecule has 1 fully saturated rings. The van der Waals surface area contributed by atoms with Crippen LogP contribution in [0.3, 0.4) is 0 Å². The van der Waals surface area contributed by atoms with Crippen molar-refractivity contribution >= 4 is 30.7 Å². The van der Waals surface area contributed by atoms with Crippen LogP contribution in [0.15, 0.2) is 18.3 Å². The Labute approximate surface area is 133 Å². The first-order valence-electron chi connectivity index (χ1n) is 6.67. The van der Waals surface area contributed by atoms with Gasteiger partial charge in [-0.05, 0) is 37.9 Å². The quantitative estimate of drug-likeness (QED) is 0.927. The maximum Gasteiger partial charge on any atom is 0.273 e. The van der Waals surface area contributed by atoms with Gasteiger partial charge in [-0.1, -0.05) is 13.0 Å². The highest BCUT2D eigenvalue weighted by Gasteiger charge is 2.27. The van der Waals surface area contributed by atoms with Crippen molar-refractivity contribution in [3.05, 3.63) is 29.6 Å². The third-order valence-electron chi connectivity index (χ3n) is 3.41. The topological polar surface area (TPSA) is 45.2 Å². The van der Waals surface area contributed by atoms with Crippen molar-refractivity contribution in [1.82, 2.24) is 15.2 Å². The molecule has 4 nitrogen and oxygen atoms in total. The summed E-state index contributed by atoms with van der Waals surface area (Å²) in [5, 5.41) is 3.32. The van der Waals surface area contributed by atoms with Crippen molar-refractivity contribution in [2.45, 2.75) is 32.7 Å². The Balaban J connectivity index is 0.00000180. The van der Waals surface area contributed by atoms with Gasteiger partial charge in [-0.15, -0.1) is 24.8 Å². The van der Waals surface area contributed by atoms with Crippen LogP contribution in [0.4, 0.5) is 0 Å². The molecule has 1 saturated heterocycles. The predicted octanol–water partition coefficient (Wildman–Crippen LogP) is 2.45. The fourth-order valence-corrected chi connectivity index (χ4v) is 2.44. The second kappa shape index (κ2) is 9.16. The number of aryl methyl sites for hydroxylation is 1. The van der Waals surface area contributed by atoms with Crippen LogP contribution in [0, 0.1) is 6.92 Å². The minimum absolute atomic E-state index is 0. The van der Waals surface area contributed by atoms with Crippen LogP contribution >= 0.6 is 24.8 Å². The molecule has 2 rings (SSSR count). The molecule has 1 aromatic heterocycles. The highest BCUT2D eigenvalue weighted by atomic mass is 35.5. The van der Waals surface area contributed by atoms with Crippen molar-refractivity contribution in [2.75, 3.05) is 19.6 Å². The summed E-state index contributed by atoms with van der Waals surface area (Å²) >= 11 is 0. The largest absolute Gasteiger partial charge is 0.333 e. The van der Waals surface area contributed by atoms with E-state index >= 15 is 0 Å². The number of halogens is 2. The normalized spacial score (nSPS) is 17.0. The van der Waals surface area contributed by atoms with Crippen LogP contribution in [0.25, 0.3) is 0 Å². The highest BCUT2D eigenvalue weighted by Crippen LogP contribution is 2.15. The number of nitrogens with one attached hydrogen (secondary N) is 1. The maximum absolute atomic E-state index is 12.6. The Hall–Kier alpha value is -0.840. The van der Waals surface area contributed by atoms with E-state index < -0.39 is 0 Å². The van der Waals surface area contributed by atoms with Crippen molar-refractivity contribution in [3.63, 3.8) is 0 Å². The molecule has 1 unspecified atom stereocenters. The van der Waals surface area contributed by atoms with Crippen LogP contribution < -0.4 is 5.32 Å². The number of nitrogens with zero attached hydrogens (tertiary/aromatic N) is 2. The molecule has 0 aromatic carbocycles. The third kappa shape index (κ3) is 4.33. The van der Waals surface area contributed by atoms with Gasteiger partial charge >= 0.3 is 0 Å². The van der Waals surface area contributed by atoms with Gasteiger partial charge in [-0.3, -0.25) is 9.78 Å². The molecular weight excluding hydrogens is 297 g/mol. The van der Waals surface area contributed by atoms with Gasteiger partial charge < -0.3 is 10.2 Å². The van der Waals surface area contributed by atoms with Gasteiger partial charge in [0.05, 0.1) is 0 Å². The molecule has 1 aliphatic rings. The number of aromatic nitrogens is 1. The molecule has 1 amide bonds. The minimum Gasteiger partial charge on any atom is -0.333 e. The van der Waals surface area contributed by atoms with E-state index in [4.69, 9.17) is 0 Å². The summed E-state index contributed by atoms with van der Waals surface area (Å²) in [6.07, 6.45) is 3.71. The summed E-state index contributed by atoms with van der Waals surface area (Å²) in [7, 11) is 0. The summed E-state index contributed by atoms with van der Waals surface area (Å²) in [5.74, 6) is 0.0728. The zero-order valence-corrected chi connectivity index (χ0v) is 13.6. The summed E-state index contributed by atoms with van der Waals surface area (Å²) in [4.78, 5) is 18.8. The van der Waals surface area contributed by atoms with Crippen molar-refractivity contribution < 1.29 is 4.79 Å². The Morgan fingerprint density at radius 3 is 2.80 bits per heavy atom. The zero-order valence-electron chi connectivity index (χ0n) is 12.0. The fourth-order valence-electron chi connectivity index (χ4n) is 2.44. The third-order valence-corrected chi connectivity index (χ3v) is 3.41. The molecule has 1 aliphatic heterocycles. The van der Waals surface area contributed by atoms with Crippen LogP contribution in [-0.2, 0) is 0 Å². The number of rotatable bonds is 4. The first kappa shape index (κ1) is 19.2. The first-order chi connectivity index (χ1) is 8.74. The SMILES string of the molecule is CCCN(C(=O)c1ncccc1C)C1CCNC1.Cl.Cl. The van der Waals surface area contributed by atoms with E-state index in [0.717, 1.165) is 38.0 Å². The van der Waals surface area contributed by atoms with Gasteiger partial charge in [0.15, 0.2) is 0 Å². The first-order valence-corrected chi connectivity index (χ1v) is 6.67. The lowest BCUT2D eigenvalue weighted by Gasteiger charge is -2.28. The van der Waals surface area contributed by atoms with E-state index in [9.17, 15) is 4.79 Å². The Morgan fingerprint density at radius 2 is 2.25 bits per heavy atom. The minimum atomic E-state index is 0. The average molecular weight is 320 g/mol. The molecule has 20 heavy (non-hydrogen) atoms. The Morgan fingerprint density at radius 1 is 1.50 bits per heavy atom. The van der Waals surface area contributed by atoms with Crippen molar-refractivity contribution in [1.29, 1.82) is 0 Å². The summed E-state index contributed by atoms with van der Waals surface area (Å²) in [6, 6.07) is 4.13. The molecule has 0 saturated carbocycles. The average Bonchev–Trinajstić information content (AvgIpc) is 2.89. The lowest BCUT2D eigenvalue weighted by atomic mass is 10.1.